The molecule has 10 nitrogen and oxygen atoms in total. The largest absolute Gasteiger partial charge is 0.472 e. The third-order valence-electron chi connectivity index (χ3n) is 9.30. The van der Waals surface area contributed by atoms with Crippen LogP contribution in [0.1, 0.15) is 188 Å². The second kappa shape index (κ2) is 39.5. The van der Waals surface area contributed by atoms with E-state index < -0.39 is 50.9 Å². The highest BCUT2D eigenvalue weighted by molar-refractivity contribution is 7.47. The van der Waals surface area contributed by atoms with E-state index in [2.05, 4.69) is 50.3 Å². The van der Waals surface area contributed by atoms with Crippen LogP contribution in [0.2, 0.25) is 0 Å². The molecular formula is C45H80NO9P. The number of hydrogen-bond donors (Lipinski definition) is 2. The van der Waals surface area contributed by atoms with Gasteiger partial charge in [0.2, 0.25) is 0 Å². The van der Waals surface area contributed by atoms with E-state index in [0.717, 1.165) is 44.9 Å². The van der Waals surface area contributed by atoms with Gasteiger partial charge >= 0.3 is 19.8 Å². The number of phosphoric ester groups is 1. The number of carbonyl (C=O) groups is 3. The minimum Gasteiger partial charge on any atom is -0.462 e. The lowest BCUT2D eigenvalue weighted by molar-refractivity contribution is -0.161. The number of rotatable bonds is 40. The SMILES string of the molecule is CCCCCCC=CCC=CCC=CCC=CCCC(=O)OC(COC(=O)CCCCCCCCCCCCCCCCC)COP(=O)(O)OCC(N)C(C)=O. The van der Waals surface area contributed by atoms with Gasteiger partial charge in [-0.05, 0) is 51.9 Å². The molecule has 0 aliphatic carbocycles. The van der Waals surface area contributed by atoms with Crippen LogP contribution in [0.25, 0.3) is 0 Å². The lowest BCUT2D eigenvalue weighted by Gasteiger charge is -2.20. The number of hydrogen-bond acceptors (Lipinski definition) is 9. The maximum atomic E-state index is 12.6. The summed E-state index contributed by atoms with van der Waals surface area (Å²) < 4.78 is 33.0. The summed E-state index contributed by atoms with van der Waals surface area (Å²) >= 11 is 0. The number of ether oxygens (including phenoxy) is 2. The molecule has 0 saturated heterocycles. The smallest absolute Gasteiger partial charge is 0.462 e. The van der Waals surface area contributed by atoms with Crippen molar-refractivity contribution in [3.63, 3.8) is 0 Å². The minimum absolute atomic E-state index is 0.0688. The molecule has 0 spiro atoms. The molecule has 0 rings (SSSR count). The van der Waals surface area contributed by atoms with Crippen LogP contribution in [0.15, 0.2) is 48.6 Å². The normalized spacial score (nSPS) is 14.2. The first-order valence-corrected chi connectivity index (χ1v) is 23.4. The molecule has 0 fully saturated rings. The van der Waals surface area contributed by atoms with Crippen molar-refractivity contribution < 1.29 is 42.4 Å². The Balaban J connectivity index is 4.48. The summed E-state index contributed by atoms with van der Waals surface area (Å²) in [4.78, 5) is 46.5. The van der Waals surface area contributed by atoms with Crippen LogP contribution in [0.4, 0.5) is 0 Å². The van der Waals surface area contributed by atoms with E-state index >= 15 is 0 Å². The number of phosphoric acid groups is 1. The first-order valence-electron chi connectivity index (χ1n) is 21.9. The molecule has 0 aromatic carbocycles. The Morgan fingerprint density at radius 2 is 0.982 bits per heavy atom. The van der Waals surface area contributed by atoms with E-state index in [1.807, 2.05) is 12.2 Å². The van der Waals surface area contributed by atoms with Gasteiger partial charge in [0.15, 0.2) is 6.10 Å². The summed E-state index contributed by atoms with van der Waals surface area (Å²) in [5, 5.41) is 0. The standard InChI is InChI=1S/C45H80NO9P/c1-4-6-8-10-12-14-16-18-20-21-23-25-27-29-31-33-35-37-45(49)55-42(39-53-56(50,51)54-40-43(46)41(3)47)38-52-44(48)36-34-32-30-28-26-24-22-19-17-15-13-11-9-7-5-2/h14,16,20-21,25,27,31,33,42-43H,4-13,15,17-19,22-24,26,28-30,32,34-40,46H2,1-3H3,(H,50,51). The zero-order chi connectivity index (χ0) is 41.4. The number of unbranched alkanes of at least 4 members (excludes halogenated alkanes) is 18. The highest BCUT2D eigenvalue weighted by Crippen LogP contribution is 2.43. The van der Waals surface area contributed by atoms with Crippen LogP contribution < -0.4 is 5.73 Å². The highest BCUT2D eigenvalue weighted by Gasteiger charge is 2.27. The molecule has 0 heterocycles. The monoisotopic (exact) mass is 810 g/mol. The van der Waals surface area contributed by atoms with Crippen molar-refractivity contribution in [1.82, 2.24) is 0 Å². The van der Waals surface area contributed by atoms with E-state index in [9.17, 15) is 23.8 Å². The molecule has 0 aromatic heterocycles. The number of nitrogens with two attached hydrogens (primary N) is 1. The fourth-order valence-electron chi connectivity index (χ4n) is 5.71. The number of ketones is 1. The molecule has 3 atom stereocenters. The van der Waals surface area contributed by atoms with Gasteiger partial charge in [0, 0.05) is 12.8 Å². The molecule has 0 bridgehead atoms. The van der Waals surface area contributed by atoms with Crippen LogP contribution >= 0.6 is 7.82 Å². The van der Waals surface area contributed by atoms with Gasteiger partial charge in [-0.3, -0.25) is 23.4 Å². The van der Waals surface area contributed by atoms with Gasteiger partial charge in [-0.15, -0.1) is 0 Å². The van der Waals surface area contributed by atoms with E-state index in [1.54, 1.807) is 0 Å². The third-order valence-corrected chi connectivity index (χ3v) is 10.2. The van der Waals surface area contributed by atoms with Crippen molar-refractivity contribution >= 4 is 25.5 Å². The Kier molecular flexibility index (Phi) is 37.8. The molecular weight excluding hydrogens is 729 g/mol. The van der Waals surface area contributed by atoms with E-state index in [1.165, 1.54) is 103 Å². The Hall–Kier alpha value is -2.36. The Bertz CT molecular complexity index is 1140. The first-order chi connectivity index (χ1) is 27.1. The van der Waals surface area contributed by atoms with Gasteiger partial charge in [0.25, 0.3) is 0 Å². The third kappa shape index (κ3) is 38.5. The molecule has 11 heteroatoms. The van der Waals surface area contributed by atoms with Crippen molar-refractivity contribution in [2.75, 3.05) is 19.8 Å². The van der Waals surface area contributed by atoms with Crippen LogP contribution in [-0.4, -0.2) is 54.6 Å². The minimum atomic E-state index is -4.62. The van der Waals surface area contributed by atoms with Crippen molar-refractivity contribution in [3.05, 3.63) is 48.6 Å². The first kappa shape index (κ1) is 53.6. The summed E-state index contributed by atoms with van der Waals surface area (Å²) in [5.41, 5.74) is 5.57. The second-order valence-corrected chi connectivity index (χ2v) is 16.2. The molecule has 0 aromatic rings. The quantitative estimate of drug-likeness (QED) is 0.0265. The summed E-state index contributed by atoms with van der Waals surface area (Å²) in [7, 11) is -4.62. The van der Waals surface area contributed by atoms with Gasteiger partial charge in [0.1, 0.15) is 12.4 Å². The lowest BCUT2D eigenvalue weighted by atomic mass is 10.0. The summed E-state index contributed by atoms with van der Waals surface area (Å²) in [6.45, 7) is 4.31. The zero-order valence-electron chi connectivity index (χ0n) is 35.5. The molecule has 324 valence electrons. The van der Waals surface area contributed by atoms with Crippen LogP contribution in [0, 0.1) is 0 Å². The van der Waals surface area contributed by atoms with Crippen molar-refractivity contribution in [2.45, 2.75) is 200 Å². The Morgan fingerprint density at radius 3 is 1.48 bits per heavy atom. The van der Waals surface area contributed by atoms with Gasteiger partial charge in [-0.25, -0.2) is 4.57 Å². The lowest BCUT2D eigenvalue weighted by Crippen LogP contribution is -2.33. The summed E-state index contributed by atoms with van der Waals surface area (Å²) in [5.74, 6) is -1.42. The highest BCUT2D eigenvalue weighted by atomic mass is 31.2. The summed E-state index contributed by atoms with van der Waals surface area (Å²) in [6, 6.07) is -1.09. The molecule has 0 aliphatic rings. The van der Waals surface area contributed by atoms with Gasteiger partial charge in [-0.2, -0.15) is 0 Å². The van der Waals surface area contributed by atoms with Crippen molar-refractivity contribution in [3.8, 4) is 0 Å². The van der Waals surface area contributed by atoms with E-state index in [0.29, 0.717) is 12.8 Å². The van der Waals surface area contributed by atoms with Crippen LogP contribution in [0.5, 0.6) is 0 Å². The van der Waals surface area contributed by atoms with Gasteiger partial charge in [-0.1, -0.05) is 172 Å². The molecule has 0 aliphatic heterocycles. The zero-order valence-corrected chi connectivity index (χ0v) is 36.4. The fourth-order valence-corrected chi connectivity index (χ4v) is 6.48. The van der Waals surface area contributed by atoms with E-state index in [4.69, 9.17) is 24.3 Å². The maximum Gasteiger partial charge on any atom is 0.472 e. The summed E-state index contributed by atoms with van der Waals surface area (Å²) in [6.07, 6.45) is 43.8. The van der Waals surface area contributed by atoms with E-state index in [-0.39, 0.29) is 19.4 Å². The number of allylic oxidation sites excluding steroid dienone is 8. The predicted octanol–water partition coefficient (Wildman–Crippen LogP) is 11.9. The van der Waals surface area contributed by atoms with Crippen molar-refractivity contribution in [1.29, 1.82) is 0 Å². The number of esters is 2. The second-order valence-electron chi connectivity index (χ2n) is 14.8. The topological polar surface area (TPSA) is 151 Å². The van der Waals surface area contributed by atoms with Crippen molar-refractivity contribution in [2.24, 2.45) is 5.73 Å². The molecule has 0 saturated carbocycles. The molecule has 56 heavy (non-hydrogen) atoms. The fraction of sp³-hybridized carbons (Fsp3) is 0.756. The van der Waals surface area contributed by atoms with Gasteiger partial charge in [0.05, 0.1) is 19.3 Å². The number of Topliss-reactive ketones (excluding diaryl/α,β-unsaturated/α-hetero) is 1. The average Bonchev–Trinajstić information content (AvgIpc) is 3.17. The van der Waals surface area contributed by atoms with Gasteiger partial charge < -0.3 is 20.1 Å². The molecule has 0 amide bonds. The maximum absolute atomic E-state index is 12.6. The van der Waals surface area contributed by atoms with Crippen LogP contribution in [-0.2, 0) is 37.5 Å². The molecule has 0 radical (unpaired) electrons. The average molecular weight is 810 g/mol. The molecule has 3 unspecified atom stereocenters. The van der Waals surface area contributed by atoms with Crippen LogP contribution in [0.3, 0.4) is 0 Å². The number of carbonyl (C=O) groups excluding carboxylic acids is 3. The Morgan fingerprint density at radius 1 is 0.554 bits per heavy atom. The predicted molar refractivity (Wildman–Crippen MR) is 229 cm³/mol. The Labute approximate surface area is 341 Å². The molecule has 3 N–H and O–H groups in total.